The minimum absolute atomic E-state index is 0.0735. The van der Waals surface area contributed by atoms with Crippen molar-refractivity contribution in [2.75, 3.05) is 6.26 Å². The fourth-order valence-corrected chi connectivity index (χ4v) is 3.55. The lowest BCUT2D eigenvalue weighted by molar-refractivity contribution is -0.0328. The Morgan fingerprint density at radius 2 is 1.92 bits per heavy atom. The molecule has 0 N–H and O–H groups in total. The van der Waals surface area contributed by atoms with E-state index in [2.05, 4.69) is 9.97 Å². The summed E-state index contributed by atoms with van der Waals surface area (Å²) in [4.78, 5) is 20.7. The average molecular weight is 383 g/mol. The molecule has 0 aliphatic rings. The summed E-state index contributed by atoms with van der Waals surface area (Å²) in [5, 5.41) is 0. The first kappa shape index (κ1) is 17.8. The smallest absolute Gasteiger partial charge is 0.326 e. The number of halogens is 3. The number of hydrogen-bond donors (Lipinski definition) is 0. The lowest BCUT2D eigenvalue weighted by Crippen LogP contribution is -1.99. The van der Waals surface area contributed by atoms with Crippen LogP contribution in [-0.2, 0) is 7.05 Å². The molecule has 0 radical (unpaired) electrons. The number of aryl methyl sites for hydroxylation is 1. The molecule has 0 aliphatic carbocycles. The van der Waals surface area contributed by atoms with Gasteiger partial charge in [-0.2, -0.15) is 13.2 Å². The van der Waals surface area contributed by atoms with Crippen LogP contribution in [0.3, 0.4) is 0 Å². The van der Waals surface area contributed by atoms with E-state index < -0.39 is 5.51 Å². The molecular weight excluding hydrogens is 371 g/mol. The molecule has 2 aromatic heterocycles. The van der Waals surface area contributed by atoms with E-state index in [0.29, 0.717) is 28.8 Å². The van der Waals surface area contributed by atoms with Crippen LogP contribution in [0.5, 0.6) is 0 Å². The van der Waals surface area contributed by atoms with Crippen molar-refractivity contribution < 1.29 is 18.0 Å². The molecule has 0 spiro atoms. The predicted octanol–water partition coefficient (Wildman–Crippen LogP) is 4.78. The number of pyridine rings is 1. The number of imidazole rings is 1. The third-order valence-electron chi connectivity index (χ3n) is 3.52. The highest BCUT2D eigenvalue weighted by atomic mass is 32.2. The van der Waals surface area contributed by atoms with Crippen LogP contribution in [0.1, 0.15) is 10.5 Å². The molecule has 0 unspecified atom stereocenters. The van der Waals surface area contributed by atoms with Crippen molar-refractivity contribution in [3.63, 3.8) is 0 Å². The SMILES string of the molecule is CSc1ccc(C=O)nc1-c1nc2cc(SC(F)(F)F)ccc2n1C. The Kier molecular flexibility index (Phi) is 4.79. The maximum Gasteiger partial charge on any atom is 0.446 e. The summed E-state index contributed by atoms with van der Waals surface area (Å²) >= 11 is 1.28. The predicted molar refractivity (Wildman–Crippen MR) is 93.0 cm³/mol. The first-order valence-corrected chi connectivity index (χ1v) is 9.09. The number of thioether (sulfide) groups is 2. The van der Waals surface area contributed by atoms with E-state index in [0.717, 1.165) is 4.90 Å². The van der Waals surface area contributed by atoms with Gasteiger partial charge in [0.2, 0.25) is 0 Å². The van der Waals surface area contributed by atoms with E-state index in [-0.39, 0.29) is 22.4 Å². The Bertz CT molecular complexity index is 954. The summed E-state index contributed by atoms with van der Waals surface area (Å²) in [6, 6.07) is 7.81. The molecule has 130 valence electrons. The Labute approximate surface area is 149 Å². The van der Waals surface area contributed by atoms with Crippen molar-refractivity contribution in [1.29, 1.82) is 0 Å². The number of benzene rings is 1. The van der Waals surface area contributed by atoms with Gasteiger partial charge >= 0.3 is 5.51 Å². The van der Waals surface area contributed by atoms with E-state index in [4.69, 9.17) is 0 Å². The summed E-state index contributed by atoms with van der Waals surface area (Å²) in [7, 11) is 1.76. The molecule has 0 amide bonds. The molecule has 25 heavy (non-hydrogen) atoms. The van der Waals surface area contributed by atoms with E-state index >= 15 is 0 Å². The van der Waals surface area contributed by atoms with E-state index in [1.165, 1.54) is 23.9 Å². The van der Waals surface area contributed by atoms with Gasteiger partial charge in [-0.25, -0.2) is 9.97 Å². The maximum absolute atomic E-state index is 12.6. The van der Waals surface area contributed by atoms with E-state index in [9.17, 15) is 18.0 Å². The third kappa shape index (κ3) is 3.67. The van der Waals surface area contributed by atoms with Gasteiger partial charge in [0.1, 0.15) is 11.4 Å². The van der Waals surface area contributed by atoms with Gasteiger partial charge < -0.3 is 4.57 Å². The normalized spacial score (nSPS) is 11.9. The number of rotatable bonds is 4. The number of hydrogen-bond acceptors (Lipinski definition) is 5. The number of aldehydes is 1. The standard InChI is InChI=1S/C16H12F3N3OS2/c1-22-12-5-4-10(25-16(17,18)19)7-11(12)21-15(22)14-13(24-2)6-3-9(8-23)20-14/h3-8H,1-2H3. The molecule has 0 bridgehead atoms. The minimum atomic E-state index is -4.35. The lowest BCUT2D eigenvalue weighted by Gasteiger charge is -2.07. The second-order valence-corrected chi connectivity index (χ2v) is 7.08. The van der Waals surface area contributed by atoms with Crippen LogP contribution in [0.4, 0.5) is 13.2 Å². The minimum Gasteiger partial charge on any atom is -0.326 e. The van der Waals surface area contributed by atoms with E-state index in [1.807, 2.05) is 6.26 Å². The van der Waals surface area contributed by atoms with Gasteiger partial charge in [-0.3, -0.25) is 4.79 Å². The van der Waals surface area contributed by atoms with Crippen LogP contribution in [-0.4, -0.2) is 32.6 Å². The Balaban J connectivity index is 2.15. The van der Waals surface area contributed by atoms with Crippen molar-refractivity contribution in [3.8, 4) is 11.5 Å². The second-order valence-electron chi connectivity index (χ2n) is 5.10. The molecule has 1 aromatic carbocycles. The van der Waals surface area contributed by atoms with Gasteiger partial charge in [0.25, 0.3) is 0 Å². The van der Waals surface area contributed by atoms with Gasteiger partial charge in [-0.15, -0.1) is 11.8 Å². The molecule has 0 aliphatic heterocycles. The zero-order chi connectivity index (χ0) is 18.2. The number of alkyl halides is 3. The summed E-state index contributed by atoms with van der Waals surface area (Å²) in [6.45, 7) is 0. The number of fused-ring (bicyclic) bond motifs is 1. The molecule has 0 saturated heterocycles. The molecular formula is C16H12F3N3OS2. The average Bonchev–Trinajstić information content (AvgIpc) is 2.89. The van der Waals surface area contributed by atoms with Gasteiger partial charge in [0.05, 0.1) is 11.0 Å². The van der Waals surface area contributed by atoms with Crippen molar-refractivity contribution in [3.05, 3.63) is 36.0 Å². The summed E-state index contributed by atoms with van der Waals surface area (Å²) in [5.74, 6) is 0.497. The first-order chi connectivity index (χ1) is 11.8. The fourth-order valence-electron chi connectivity index (χ4n) is 2.44. The van der Waals surface area contributed by atoms with Crippen LogP contribution in [0, 0.1) is 0 Å². The molecule has 3 aromatic rings. The quantitative estimate of drug-likeness (QED) is 0.479. The van der Waals surface area contributed by atoms with Crippen molar-refractivity contribution in [1.82, 2.24) is 14.5 Å². The van der Waals surface area contributed by atoms with Crippen LogP contribution in [0.2, 0.25) is 0 Å². The summed E-state index contributed by atoms with van der Waals surface area (Å²) in [6.07, 6.45) is 2.52. The molecule has 0 saturated carbocycles. The van der Waals surface area contributed by atoms with Gasteiger partial charge in [0.15, 0.2) is 12.1 Å². The number of aromatic nitrogens is 3. The fraction of sp³-hybridized carbons (Fsp3) is 0.188. The van der Waals surface area contributed by atoms with Crippen molar-refractivity contribution in [2.45, 2.75) is 15.3 Å². The molecule has 0 fully saturated rings. The Morgan fingerprint density at radius 1 is 1.16 bits per heavy atom. The topological polar surface area (TPSA) is 47.8 Å². The highest BCUT2D eigenvalue weighted by Crippen LogP contribution is 2.38. The Hall–Kier alpha value is -2.00. The zero-order valence-electron chi connectivity index (χ0n) is 13.2. The van der Waals surface area contributed by atoms with Gasteiger partial charge in [-0.05, 0) is 48.3 Å². The largest absolute Gasteiger partial charge is 0.446 e. The molecule has 3 rings (SSSR count). The van der Waals surface area contributed by atoms with E-state index in [1.54, 1.807) is 29.8 Å². The highest BCUT2D eigenvalue weighted by molar-refractivity contribution is 8.00. The highest BCUT2D eigenvalue weighted by Gasteiger charge is 2.29. The van der Waals surface area contributed by atoms with Crippen LogP contribution < -0.4 is 0 Å². The lowest BCUT2D eigenvalue weighted by atomic mass is 10.3. The maximum atomic E-state index is 12.6. The molecule has 9 heteroatoms. The molecule has 4 nitrogen and oxygen atoms in total. The zero-order valence-corrected chi connectivity index (χ0v) is 14.8. The second kappa shape index (κ2) is 6.72. The van der Waals surface area contributed by atoms with Crippen molar-refractivity contribution >= 4 is 40.8 Å². The number of carbonyl (C=O) groups is 1. The molecule has 2 heterocycles. The van der Waals surface area contributed by atoms with Crippen LogP contribution in [0.15, 0.2) is 40.1 Å². The third-order valence-corrected chi connectivity index (χ3v) is 5.01. The summed E-state index contributed by atoms with van der Waals surface area (Å²) < 4.78 is 39.5. The number of nitrogens with zero attached hydrogens (tertiary/aromatic N) is 3. The van der Waals surface area contributed by atoms with Crippen LogP contribution >= 0.6 is 23.5 Å². The van der Waals surface area contributed by atoms with Gasteiger partial charge in [0, 0.05) is 16.8 Å². The Morgan fingerprint density at radius 3 is 2.56 bits per heavy atom. The summed E-state index contributed by atoms with van der Waals surface area (Å²) in [5.41, 5.74) is -2.42. The van der Waals surface area contributed by atoms with Crippen molar-refractivity contribution in [2.24, 2.45) is 7.05 Å². The number of carbonyl (C=O) groups excluding carboxylic acids is 1. The first-order valence-electron chi connectivity index (χ1n) is 7.05. The van der Waals surface area contributed by atoms with Gasteiger partial charge in [-0.1, -0.05) is 0 Å². The van der Waals surface area contributed by atoms with Crippen LogP contribution in [0.25, 0.3) is 22.6 Å². The molecule has 0 atom stereocenters. The monoisotopic (exact) mass is 383 g/mol.